The summed E-state index contributed by atoms with van der Waals surface area (Å²) in [7, 11) is 1.89. The normalized spacial score (nSPS) is 28.3. The van der Waals surface area contributed by atoms with Gasteiger partial charge < -0.3 is 15.4 Å². The van der Waals surface area contributed by atoms with Gasteiger partial charge in [-0.3, -0.25) is 4.79 Å². The number of rotatable bonds is 5. The van der Waals surface area contributed by atoms with E-state index in [2.05, 4.69) is 0 Å². The van der Waals surface area contributed by atoms with Gasteiger partial charge in [0.05, 0.1) is 12.5 Å². The molecule has 1 aromatic carbocycles. The first-order valence-electron chi connectivity index (χ1n) is 8.32. The third-order valence-corrected chi connectivity index (χ3v) is 5.30. The van der Waals surface area contributed by atoms with Crippen molar-refractivity contribution in [3.8, 4) is 5.75 Å². The third kappa shape index (κ3) is 3.64. The van der Waals surface area contributed by atoms with Crippen LogP contribution in [0.4, 0.5) is 0 Å². The van der Waals surface area contributed by atoms with Crippen molar-refractivity contribution in [2.24, 2.45) is 23.5 Å². The average Bonchev–Trinajstić information content (AvgIpc) is 3.10. The molecule has 4 nitrogen and oxygen atoms in total. The van der Waals surface area contributed by atoms with Crippen LogP contribution in [0.3, 0.4) is 0 Å². The van der Waals surface area contributed by atoms with Gasteiger partial charge in [0.15, 0.2) is 0 Å². The number of halogens is 1. The van der Waals surface area contributed by atoms with E-state index < -0.39 is 0 Å². The highest BCUT2D eigenvalue weighted by Crippen LogP contribution is 2.48. The Morgan fingerprint density at radius 2 is 1.91 bits per heavy atom. The first-order chi connectivity index (χ1) is 10.6. The quantitative estimate of drug-likeness (QED) is 0.898. The maximum atomic E-state index is 12.7. The van der Waals surface area contributed by atoms with Gasteiger partial charge in [0, 0.05) is 19.6 Å². The van der Waals surface area contributed by atoms with Crippen LogP contribution in [0.25, 0.3) is 0 Å². The fourth-order valence-corrected chi connectivity index (χ4v) is 4.17. The van der Waals surface area contributed by atoms with Gasteiger partial charge in [0.1, 0.15) is 5.75 Å². The smallest absolute Gasteiger partial charge is 0.227 e. The van der Waals surface area contributed by atoms with Crippen LogP contribution in [0.1, 0.15) is 31.7 Å². The van der Waals surface area contributed by atoms with Gasteiger partial charge in [-0.25, -0.2) is 0 Å². The molecule has 1 aromatic rings. The minimum absolute atomic E-state index is 0. The number of ether oxygens (including phenoxy) is 1. The second-order valence-electron chi connectivity index (χ2n) is 6.71. The molecule has 0 aromatic heterocycles. The molecule has 4 atom stereocenters. The number of nitrogens with zero attached hydrogens (tertiary/aromatic N) is 1. The number of fused-ring (bicyclic) bond motifs is 2. The highest BCUT2D eigenvalue weighted by atomic mass is 35.5. The fourth-order valence-electron chi connectivity index (χ4n) is 4.17. The van der Waals surface area contributed by atoms with Crippen molar-refractivity contribution in [3.05, 3.63) is 29.8 Å². The Balaban J connectivity index is 0.00000192. The molecule has 2 saturated carbocycles. The molecule has 1 amide bonds. The number of hydrogen-bond donors (Lipinski definition) is 1. The van der Waals surface area contributed by atoms with Gasteiger partial charge in [-0.2, -0.15) is 0 Å². The van der Waals surface area contributed by atoms with Crippen molar-refractivity contribution >= 4 is 18.3 Å². The Kier molecular flexibility index (Phi) is 5.93. The second-order valence-corrected chi connectivity index (χ2v) is 6.71. The highest BCUT2D eigenvalue weighted by molar-refractivity contribution is 5.85. The monoisotopic (exact) mass is 338 g/mol. The van der Waals surface area contributed by atoms with Gasteiger partial charge in [0.2, 0.25) is 5.91 Å². The van der Waals surface area contributed by atoms with Gasteiger partial charge >= 0.3 is 0 Å². The number of amides is 1. The summed E-state index contributed by atoms with van der Waals surface area (Å²) in [6.45, 7) is 3.27. The topological polar surface area (TPSA) is 55.6 Å². The molecule has 2 aliphatic carbocycles. The van der Waals surface area contributed by atoms with Gasteiger partial charge in [-0.1, -0.05) is 12.1 Å². The number of carbonyl (C=O) groups is 1. The van der Waals surface area contributed by atoms with Gasteiger partial charge in [-0.05, 0) is 55.7 Å². The zero-order chi connectivity index (χ0) is 15.7. The zero-order valence-corrected chi connectivity index (χ0v) is 14.7. The van der Waals surface area contributed by atoms with E-state index in [1.54, 1.807) is 0 Å². The molecule has 4 unspecified atom stereocenters. The van der Waals surface area contributed by atoms with E-state index in [-0.39, 0.29) is 30.3 Å². The molecule has 23 heavy (non-hydrogen) atoms. The molecule has 2 aliphatic rings. The number of benzene rings is 1. The molecule has 5 heteroatoms. The van der Waals surface area contributed by atoms with Crippen molar-refractivity contribution in [1.29, 1.82) is 0 Å². The Bertz CT molecular complexity index is 532. The summed E-state index contributed by atoms with van der Waals surface area (Å²) in [6.07, 6.45) is 3.53. The molecule has 0 spiro atoms. The predicted octanol–water partition coefficient (Wildman–Crippen LogP) is 2.84. The van der Waals surface area contributed by atoms with Crippen LogP contribution in [0.15, 0.2) is 24.3 Å². The molecular formula is C18H27ClN2O2. The van der Waals surface area contributed by atoms with E-state index in [9.17, 15) is 4.79 Å². The molecule has 3 rings (SSSR count). The third-order valence-electron chi connectivity index (χ3n) is 5.30. The summed E-state index contributed by atoms with van der Waals surface area (Å²) in [5, 5.41) is 0. The minimum Gasteiger partial charge on any atom is -0.494 e. The van der Waals surface area contributed by atoms with E-state index in [4.69, 9.17) is 10.5 Å². The zero-order valence-electron chi connectivity index (χ0n) is 13.9. The van der Waals surface area contributed by atoms with Crippen LogP contribution in [-0.4, -0.2) is 30.5 Å². The van der Waals surface area contributed by atoms with Gasteiger partial charge in [0.25, 0.3) is 0 Å². The first kappa shape index (κ1) is 18.1. The molecule has 128 valence electrons. The first-order valence-corrected chi connectivity index (χ1v) is 8.32. The molecule has 2 fully saturated rings. The average molecular weight is 339 g/mol. The SMILES string of the molecule is CCOc1ccc(CN(C)C(=O)C2C3CCC(C3)C2N)cc1.Cl. The van der Waals surface area contributed by atoms with Crippen molar-refractivity contribution in [2.75, 3.05) is 13.7 Å². The Labute approximate surface area is 144 Å². The summed E-state index contributed by atoms with van der Waals surface area (Å²) in [5.74, 6) is 2.20. The summed E-state index contributed by atoms with van der Waals surface area (Å²) in [5.41, 5.74) is 7.41. The van der Waals surface area contributed by atoms with E-state index >= 15 is 0 Å². The van der Waals surface area contributed by atoms with Crippen molar-refractivity contribution in [1.82, 2.24) is 4.90 Å². The van der Waals surface area contributed by atoms with Gasteiger partial charge in [-0.15, -0.1) is 12.4 Å². The highest BCUT2D eigenvalue weighted by Gasteiger charge is 2.49. The standard InChI is InChI=1S/C18H26N2O2.ClH/c1-3-22-15-8-4-12(5-9-15)11-20(2)18(21)16-13-6-7-14(10-13)17(16)19;/h4-5,8-9,13-14,16-17H,3,6-7,10-11,19H2,1-2H3;1H. The fraction of sp³-hybridized carbons (Fsp3) is 0.611. The minimum atomic E-state index is 0. The van der Waals surface area contributed by atoms with Crippen LogP contribution in [-0.2, 0) is 11.3 Å². The van der Waals surface area contributed by atoms with E-state index in [1.165, 1.54) is 12.8 Å². The van der Waals surface area contributed by atoms with Crippen LogP contribution < -0.4 is 10.5 Å². The van der Waals surface area contributed by atoms with E-state index in [1.807, 2.05) is 43.1 Å². The Morgan fingerprint density at radius 1 is 1.26 bits per heavy atom. The summed E-state index contributed by atoms with van der Waals surface area (Å²) < 4.78 is 5.45. The summed E-state index contributed by atoms with van der Waals surface area (Å²) >= 11 is 0. The summed E-state index contributed by atoms with van der Waals surface area (Å²) in [6, 6.07) is 8.03. The van der Waals surface area contributed by atoms with Crippen LogP contribution in [0, 0.1) is 17.8 Å². The number of hydrogen-bond acceptors (Lipinski definition) is 3. The Hall–Kier alpha value is -1.26. The number of carbonyl (C=O) groups excluding carboxylic acids is 1. The number of nitrogens with two attached hydrogens (primary N) is 1. The van der Waals surface area contributed by atoms with Crippen molar-refractivity contribution < 1.29 is 9.53 Å². The largest absolute Gasteiger partial charge is 0.494 e. The van der Waals surface area contributed by atoms with Crippen molar-refractivity contribution in [3.63, 3.8) is 0 Å². The predicted molar refractivity (Wildman–Crippen MR) is 93.6 cm³/mol. The lowest BCUT2D eigenvalue weighted by Gasteiger charge is -2.30. The molecule has 2 bridgehead atoms. The molecule has 0 radical (unpaired) electrons. The van der Waals surface area contributed by atoms with Crippen LogP contribution in [0.5, 0.6) is 5.75 Å². The maximum Gasteiger partial charge on any atom is 0.227 e. The molecule has 0 aliphatic heterocycles. The van der Waals surface area contributed by atoms with E-state index in [0.717, 1.165) is 17.7 Å². The van der Waals surface area contributed by atoms with E-state index in [0.29, 0.717) is 25.0 Å². The molecule has 2 N–H and O–H groups in total. The lowest BCUT2D eigenvalue weighted by Crippen LogP contribution is -2.45. The van der Waals surface area contributed by atoms with Crippen LogP contribution in [0.2, 0.25) is 0 Å². The molecular weight excluding hydrogens is 312 g/mol. The molecule has 0 saturated heterocycles. The molecule has 0 heterocycles. The van der Waals surface area contributed by atoms with Crippen molar-refractivity contribution in [2.45, 2.75) is 38.8 Å². The van der Waals surface area contributed by atoms with Crippen LogP contribution >= 0.6 is 12.4 Å². The lowest BCUT2D eigenvalue weighted by molar-refractivity contribution is -0.137. The lowest BCUT2D eigenvalue weighted by atomic mass is 9.84. The maximum absolute atomic E-state index is 12.7. The second kappa shape index (κ2) is 7.54. The Morgan fingerprint density at radius 3 is 2.48 bits per heavy atom. The summed E-state index contributed by atoms with van der Waals surface area (Å²) in [4.78, 5) is 14.6.